The van der Waals surface area contributed by atoms with Crippen LogP contribution in [-0.2, 0) is 47.9 Å². The van der Waals surface area contributed by atoms with E-state index in [0.717, 1.165) is 83.5 Å². The second kappa shape index (κ2) is 43.4. The van der Waals surface area contributed by atoms with Crippen molar-refractivity contribution in [3.8, 4) is 0 Å². The normalized spacial score (nSPS) is 20.4. The standard InChI is InChI=1S/C17H31NO3.C13H23NO3.C11H19NO3.C10H17NO3.C9H15NO3/c1-2-3-4-5-6-7-8-9-10-11-14-18-15(17(20)21)12-13-16(18)19;1-2-3-4-5-6-7-10-14-11(13(16)17)8-9-12(14)15;1-2-3-4-5-8-12-9(11(14)15)6-7-10(12)13;1-2-3-4-7-11-8(10(13)14)5-6-9(11)12;1-2-3-6-10-7(9(12)13)4-5-8(10)11/h15H,2-14H2,1H3,(H,20,21);11H,2-10H2,1H3,(H,16,17);9H,2-8H2,1H3,(H,14,15);8H,2-7H2,1H3,(H,13,14);7H,2-6H2,1H3,(H,12,13). The molecule has 5 atom stereocenters. The second-order valence-electron chi connectivity index (χ2n) is 22.0. The van der Waals surface area contributed by atoms with Crippen LogP contribution in [0.3, 0.4) is 0 Å². The highest BCUT2D eigenvalue weighted by atomic mass is 16.4. The number of aliphatic carboxylic acids is 5. The summed E-state index contributed by atoms with van der Waals surface area (Å²) in [7, 11) is 0. The molecule has 5 unspecified atom stereocenters. The van der Waals surface area contributed by atoms with Gasteiger partial charge in [0.1, 0.15) is 30.2 Å². The van der Waals surface area contributed by atoms with Crippen LogP contribution in [0.4, 0.5) is 0 Å². The summed E-state index contributed by atoms with van der Waals surface area (Å²) in [5, 5.41) is 44.6. The number of amides is 5. The van der Waals surface area contributed by atoms with Crippen molar-refractivity contribution in [1.82, 2.24) is 24.5 Å². The zero-order valence-corrected chi connectivity index (χ0v) is 49.7. The molecule has 0 aliphatic carbocycles. The molecular weight excluding hydrogens is 1030 g/mol. The van der Waals surface area contributed by atoms with Crippen LogP contribution in [-0.4, -0.2) is 172 Å². The maximum absolute atomic E-state index is 11.6. The number of likely N-dealkylation sites (tertiary alicyclic amines) is 5. The lowest BCUT2D eigenvalue weighted by Crippen LogP contribution is -2.39. The molecular formula is C60H105N5O15. The van der Waals surface area contributed by atoms with Crippen LogP contribution in [0.5, 0.6) is 0 Å². The Balaban J connectivity index is 0.000000505. The van der Waals surface area contributed by atoms with Gasteiger partial charge in [0, 0.05) is 64.8 Å². The summed E-state index contributed by atoms with van der Waals surface area (Å²) in [5.41, 5.74) is 0. The first kappa shape index (κ1) is 72.7. The number of carboxylic acid groups (broad SMARTS) is 5. The van der Waals surface area contributed by atoms with Gasteiger partial charge in [-0.2, -0.15) is 0 Å². The van der Waals surface area contributed by atoms with Crippen LogP contribution in [0, 0.1) is 0 Å². The first-order valence-electron chi connectivity index (χ1n) is 30.9. The Morgan fingerprint density at radius 2 is 0.425 bits per heavy atom. The highest BCUT2D eigenvalue weighted by Gasteiger charge is 2.39. The Morgan fingerprint density at radius 1 is 0.275 bits per heavy atom. The quantitative estimate of drug-likeness (QED) is 0.0369. The number of carboxylic acids is 5. The molecule has 0 aromatic rings. The molecule has 5 fully saturated rings. The summed E-state index contributed by atoms with van der Waals surface area (Å²) < 4.78 is 0. The van der Waals surface area contributed by atoms with Crippen LogP contribution in [0.25, 0.3) is 0 Å². The fourth-order valence-corrected chi connectivity index (χ4v) is 10.8. The minimum atomic E-state index is -0.873. The van der Waals surface area contributed by atoms with Gasteiger partial charge in [-0.15, -0.1) is 0 Å². The van der Waals surface area contributed by atoms with Gasteiger partial charge in [0.05, 0.1) is 0 Å². The van der Waals surface area contributed by atoms with Crippen molar-refractivity contribution < 1.29 is 73.5 Å². The van der Waals surface area contributed by atoms with E-state index in [1.807, 2.05) is 6.92 Å². The summed E-state index contributed by atoms with van der Waals surface area (Å²) in [6, 6.07) is -2.85. The molecule has 5 amide bonds. The van der Waals surface area contributed by atoms with E-state index in [9.17, 15) is 47.9 Å². The summed E-state index contributed by atoms with van der Waals surface area (Å²) in [6.07, 6.45) is 33.0. The largest absolute Gasteiger partial charge is 0.480 e. The lowest BCUT2D eigenvalue weighted by molar-refractivity contribution is -0.146. The summed E-state index contributed by atoms with van der Waals surface area (Å²) in [6.45, 7) is 13.7. The average Bonchev–Trinajstić information content (AvgIpc) is 4.26. The molecule has 80 heavy (non-hydrogen) atoms. The zero-order valence-electron chi connectivity index (χ0n) is 49.7. The molecule has 5 saturated heterocycles. The SMILES string of the molecule is CCCCCCCCCCCCN1C(=O)CCC1C(=O)O.CCCCCCCCN1C(=O)CCC1C(=O)O.CCCCCCN1C(=O)CCC1C(=O)O.CCCCCN1C(=O)CCC1C(=O)O.CCCCN1C(=O)CCC1C(=O)O. The Bertz CT molecular complexity index is 1870. The summed E-state index contributed by atoms with van der Waals surface area (Å²) in [5.74, 6) is -4.32. The topological polar surface area (TPSA) is 288 Å². The molecule has 5 N–H and O–H groups in total. The van der Waals surface area contributed by atoms with Gasteiger partial charge in [0.2, 0.25) is 29.5 Å². The highest BCUT2D eigenvalue weighted by Crippen LogP contribution is 2.24. The third-order valence-corrected chi connectivity index (χ3v) is 15.6. The van der Waals surface area contributed by atoms with Gasteiger partial charge in [0.15, 0.2) is 0 Å². The molecule has 5 rings (SSSR count). The van der Waals surface area contributed by atoms with Crippen molar-refractivity contribution in [2.75, 3.05) is 32.7 Å². The maximum atomic E-state index is 11.6. The molecule has 5 heterocycles. The van der Waals surface area contributed by atoms with Crippen molar-refractivity contribution in [3.05, 3.63) is 0 Å². The number of carbonyl (C=O) groups is 10. The van der Waals surface area contributed by atoms with Crippen LogP contribution in [0.15, 0.2) is 0 Å². The zero-order chi connectivity index (χ0) is 59.8. The molecule has 0 saturated carbocycles. The third kappa shape index (κ3) is 28.4. The summed E-state index contributed by atoms with van der Waals surface area (Å²) >= 11 is 0. The number of hydrogen-bond acceptors (Lipinski definition) is 10. The van der Waals surface area contributed by atoms with Gasteiger partial charge in [0.25, 0.3) is 0 Å². The Hall–Kier alpha value is -5.30. The van der Waals surface area contributed by atoms with E-state index in [-0.39, 0.29) is 29.5 Å². The lowest BCUT2D eigenvalue weighted by Gasteiger charge is -2.21. The molecule has 5 aliphatic rings. The Labute approximate surface area is 478 Å². The van der Waals surface area contributed by atoms with E-state index in [0.29, 0.717) is 96.9 Å². The van der Waals surface area contributed by atoms with Crippen molar-refractivity contribution in [2.45, 2.75) is 290 Å². The van der Waals surface area contributed by atoms with Crippen molar-refractivity contribution in [2.24, 2.45) is 0 Å². The first-order chi connectivity index (χ1) is 38.3. The van der Waals surface area contributed by atoms with Crippen molar-refractivity contribution in [1.29, 1.82) is 0 Å². The molecule has 460 valence electrons. The van der Waals surface area contributed by atoms with Gasteiger partial charge in [-0.05, 0) is 64.2 Å². The second-order valence-corrected chi connectivity index (χ2v) is 22.0. The lowest BCUT2D eigenvalue weighted by atomic mass is 10.1. The Morgan fingerprint density at radius 3 is 0.625 bits per heavy atom. The number of hydrogen-bond donors (Lipinski definition) is 5. The van der Waals surface area contributed by atoms with E-state index in [2.05, 4.69) is 27.7 Å². The minimum Gasteiger partial charge on any atom is -0.480 e. The number of rotatable bonds is 35. The van der Waals surface area contributed by atoms with Crippen LogP contribution < -0.4 is 0 Å². The fourth-order valence-electron chi connectivity index (χ4n) is 10.8. The molecule has 20 nitrogen and oxygen atoms in total. The smallest absolute Gasteiger partial charge is 0.326 e. The predicted molar refractivity (Wildman–Crippen MR) is 306 cm³/mol. The predicted octanol–water partition coefficient (Wildman–Crippen LogP) is 10.2. The number of carbonyl (C=O) groups excluding carboxylic acids is 5. The highest BCUT2D eigenvalue weighted by molar-refractivity contribution is 5.90. The molecule has 0 aromatic carbocycles. The first-order valence-corrected chi connectivity index (χ1v) is 30.9. The van der Waals surface area contributed by atoms with Gasteiger partial charge < -0.3 is 50.0 Å². The molecule has 0 spiro atoms. The van der Waals surface area contributed by atoms with E-state index in [1.54, 1.807) is 9.80 Å². The van der Waals surface area contributed by atoms with Crippen molar-refractivity contribution in [3.63, 3.8) is 0 Å². The van der Waals surface area contributed by atoms with Gasteiger partial charge in [-0.1, -0.05) is 163 Å². The van der Waals surface area contributed by atoms with Crippen molar-refractivity contribution >= 4 is 59.4 Å². The maximum Gasteiger partial charge on any atom is 0.326 e. The van der Waals surface area contributed by atoms with Crippen LogP contribution in [0.1, 0.15) is 259 Å². The fraction of sp³-hybridized carbons (Fsp3) is 0.833. The third-order valence-electron chi connectivity index (χ3n) is 15.6. The molecule has 0 bridgehead atoms. The van der Waals surface area contributed by atoms with Crippen LogP contribution in [0.2, 0.25) is 0 Å². The van der Waals surface area contributed by atoms with Crippen LogP contribution >= 0.6 is 0 Å². The van der Waals surface area contributed by atoms with E-state index < -0.39 is 60.1 Å². The number of unbranched alkanes of at least 4 members (excludes halogenated alkanes) is 20. The van der Waals surface area contributed by atoms with E-state index in [1.165, 1.54) is 91.7 Å². The van der Waals surface area contributed by atoms with E-state index >= 15 is 0 Å². The average molecular weight is 1140 g/mol. The summed E-state index contributed by atoms with van der Waals surface area (Å²) in [4.78, 5) is 119. The molecule has 0 aromatic heterocycles. The number of nitrogens with zero attached hydrogens (tertiary/aromatic N) is 5. The van der Waals surface area contributed by atoms with Gasteiger partial charge in [-0.25, -0.2) is 24.0 Å². The molecule has 5 aliphatic heterocycles. The molecule has 0 radical (unpaired) electrons. The molecule has 20 heteroatoms. The van der Waals surface area contributed by atoms with Gasteiger partial charge in [-0.3, -0.25) is 24.0 Å². The van der Waals surface area contributed by atoms with Gasteiger partial charge >= 0.3 is 29.8 Å². The minimum absolute atomic E-state index is 0.00102. The monoisotopic (exact) mass is 1140 g/mol. The Kier molecular flexibility index (Phi) is 39.5. The van der Waals surface area contributed by atoms with E-state index in [4.69, 9.17) is 25.5 Å².